The van der Waals surface area contributed by atoms with Crippen LogP contribution in [0.5, 0.6) is 0 Å². The van der Waals surface area contributed by atoms with Crippen LogP contribution >= 0.6 is 7.82 Å². The first-order chi connectivity index (χ1) is 25.8. The van der Waals surface area contributed by atoms with Gasteiger partial charge in [-0.25, -0.2) is 4.57 Å². The zero-order valence-corrected chi connectivity index (χ0v) is 34.4. The standard InChI is InChI=1S/C43H76NO8P/c1-3-5-7-9-11-13-15-17-19-20-22-24-26-28-30-32-34-36-43(46)52-41(40-51-53(47,48)50-38-37-44)39-49-42(45)35-33-31-29-27-25-23-21-18-16-14-12-10-8-6-4-2/h5,7,11-14,17-19,21,41H,3-4,6,8-10,15-16,20,22-40,44H2,1-2H3,(H,47,48)/b7-5-,13-11-,14-12-,19-17-,21-18-. The van der Waals surface area contributed by atoms with Gasteiger partial charge in [0.1, 0.15) is 6.61 Å². The van der Waals surface area contributed by atoms with Gasteiger partial charge in [0.2, 0.25) is 0 Å². The topological polar surface area (TPSA) is 134 Å². The van der Waals surface area contributed by atoms with Gasteiger partial charge in [-0.15, -0.1) is 0 Å². The van der Waals surface area contributed by atoms with Crippen LogP contribution in [0.3, 0.4) is 0 Å². The molecule has 0 aliphatic carbocycles. The van der Waals surface area contributed by atoms with Crippen molar-refractivity contribution in [1.29, 1.82) is 0 Å². The lowest BCUT2D eigenvalue weighted by Crippen LogP contribution is -2.29. The van der Waals surface area contributed by atoms with Gasteiger partial charge in [-0.2, -0.15) is 0 Å². The number of ether oxygens (including phenoxy) is 2. The Balaban J connectivity index is 4.22. The molecule has 0 bridgehead atoms. The summed E-state index contributed by atoms with van der Waals surface area (Å²) in [7, 11) is -4.38. The van der Waals surface area contributed by atoms with Gasteiger partial charge in [0.15, 0.2) is 6.10 Å². The largest absolute Gasteiger partial charge is 0.472 e. The number of phosphoric acid groups is 1. The van der Waals surface area contributed by atoms with Crippen LogP contribution in [0.4, 0.5) is 0 Å². The second kappa shape index (κ2) is 39.4. The highest BCUT2D eigenvalue weighted by atomic mass is 31.2. The zero-order chi connectivity index (χ0) is 38.9. The molecule has 0 saturated heterocycles. The summed E-state index contributed by atoms with van der Waals surface area (Å²) in [5, 5.41) is 0. The van der Waals surface area contributed by atoms with Crippen LogP contribution in [0.1, 0.15) is 168 Å². The van der Waals surface area contributed by atoms with Crippen molar-refractivity contribution in [2.75, 3.05) is 26.4 Å². The molecule has 0 fully saturated rings. The Morgan fingerprint density at radius 2 is 1.04 bits per heavy atom. The van der Waals surface area contributed by atoms with Crippen molar-refractivity contribution in [3.05, 3.63) is 60.8 Å². The van der Waals surface area contributed by atoms with E-state index in [1.165, 1.54) is 44.9 Å². The lowest BCUT2D eigenvalue weighted by Gasteiger charge is -2.19. The van der Waals surface area contributed by atoms with Crippen LogP contribution in [-0.2, 0) is 32.7 Å². The van der Waals surface area contributed by atoms with Gasteiger partial charge < -0.3 is 20.1 Å². The number of esters is 2. The van der Waals surface area contributed by atoms with Crippen LogP contribution in [0.25, 0.3) is 0 Å². The van der Waals surface area contributed by atoms with Crippen LogP contribution < -0.4 is 5.73 Å². The van der Waals surface area contributed by atoms with Crippen LogP contribution in [0.15, 0.2) is 60.8 Å². The Kier molecular flexibility index (Phi) is 37.7. The third kappa shape index (κ3) is 39.2. The van der Waals surface area contributed by atoms with Crippen molar-refractivity contribution >= 4 is 19.8 Å². The van der Waals surface area contributed by atoms with Gasteiger partial charge in [-0.05, 0) is 77.0 Å². The molecule has 306 valence electrons. The fourth-order valence-corrected chi connectivity index (χ4v) is 6.09. The first-order valence-electron chi connectivity index (χ1n) is 20.8. The Morgan fingerprint density at radius 3 is 1.55 bits per heavy atom. The summed E-state index contributed by atoms with van der Waals surface area (Å²) in [5.74, 6) is -0.861. The monoisotopic (exact) mass is 766 g/mol. The first-order valence-corrected chi connectivity index (χ1v) is 22.3. The van der Waals surface area contributed by atoms with Gasteiger partial charge in [-0.3, -0.25) is 18.6 Å². The van der Waals surface area contributed by atoms with E-state index in [-0.39, 0.29) is 32.6 Å². The van der Waals surface area contributed by atoms with Crippen LogP contribution in [0.2, 0.25) is 0 Å². The number of carbonyl (C=O) groups is 2. The average Bonchev–Trinajstić information content (AvgIpc) is 3.14. The number of carbonyl (C=O) groups excluding carboxylic acids is 2. The van der Waals surface area contributed by atoms with E-state index in [9.17, 15) is 19.0 Å². The van der Waals surface area contributed by atoms with Crippen molar-refractivity contribution < 1.29 is 37.6 Å². The Morgan fingerprint density at radius 1 is 0.585 bits per heavy atom. The number of allylic oxidation sites excluding steroid dienone is 10. The molecular formula is C43H76NO8P. The number of phosphoric ester groups is 1. The first kappa shape index (κ1) is 50.7. The van der Waals surface area contributed by atoms with E-state index in [1.54, 1.807) is 0 Å². The molecule has 0 aliphatic heterocycles. The molecule has 0 amide bonds. The molecule has 0 saturated carbocycles. The van der Waals surface area contributed by atoms with Gasteiger partial charge >= 0.3 is 19.8 Å². The Labute approximate surface area is 323 Å². The predicted molar refractivity (Wildman–Crippen MR) is 219 cm³/mol. The fourth-order valence-electron chi connectivity index (χ4n) is 5.32. The summed E-state index contributed by atoms with van der Waals surface area (Å²) >= 11 is 0. The second-order valence-corrected chi connectivity index (χ2v) is 14.9. The SMILES string of the molecule is CC/C=C\C/C=C\C/C=C\CCCCCCCCCC(=O)OC(COC(=O)CCCCCCC/C=C\C/C=C\CCCCC)COP(=O)(O)OCCN. The third-order valence-electron chi connectivity index (χ3n) is 8.39. The molecule has 0 aliphatic rings. The summed E-state index contributed by atoms with van der Waals surface area (Å²) in [6.07, 6.45) is 45.3. The molecule has 0 heterocycles. The maximum Gasteiger partial charge on any atom is 0.472 e. The maximum atomic E-state index is 12.6. The molecule has 0 radical (unpaired) electrons. The summed E-state index contributed by atoms with van der Waals surface area (Å²) in [5.41, 5.74) is 5.34. The van der Waals surface area contributed by atoms with Crippen LogP contribution in [-0.4, -0.2) is 49.3 Å². The van der Waals surface area contributed by atoms with Crippen molar-refractivity contribution in [2.45, 2.75) is 174 Å². The zero-order valence-electron chi connectivity index (χ0n) is 33.5. The highest BCUT2D eigenvalue weighted by Crippen LogP contribution is 2.43. The summed E-state index contributed by atoms with van der Waals surface area (Å²) < 4.78 is 32.7. The molecule has 9 nitrogen and oxygen atoms in total. The normalized spacial score (nSPS) is 14.0. The number of hydrogen-bond donors (Lipinski definition) is 2. The van der Waals surface area contributed by atoms with E-state index in [4.69, 9.17) is 24.3 Å². The third-order valence-corrected chi connectivity index (χ3v) is 9.37. The van der Waals surface area contributed by atoms with E-state index in [1.807, 2.05) is 0 Å². The molecule has 3 N–H and O–H groups in total. The average molecular weight is 766 g/mol. The molecule has 0 rings (SSSR count). The van der Waals surface area contributed by atoms with Gasteiger partial charge in [0, 0.05) is 19.4 Å². The van der Waals surface area contributed by atoms with Crippen LogP contribution in [0, 0.1) is 0 Å². The Bertz CT molecular complexity index is 1050. The molecule has 0 aromatic carbocycles. The van der Waals surface area contributed by atoms with Gasteiger partial charge in [0.05, 0.1) is 13.2 Å². The minimum Gasteiger partial charge on any atom is -0.462 e. The highest BCUT2D eigenvalue weighted by molar-refractivity contribution is 7.47. The number of hydrogen-bond acceptors (Lipinski definition) is 8. The summed E-state index contributed by atoms with van der Waals surface area (Å²) in [6.45, 7) is 3.55. The van der Waals surface area contributed by atoms with Crippen molar-refractivity contribution in [2.24, 2.45) is 5.73 Å². The fraction of sp³-hybridized carbons (Fsp3) is 0.721. The molecule has 0 aromatic rings. The predicted octanol–water partition coefficient (Wildman–Crippen LogP) is 11.7. The van der Waals surface area contributed by atoms with E-state index < -0.39 is 32.5 Å². The molecule has 0 spiro atoms. The minimum absolute atomic E-state index is 0.0469. The van der Waals surface area contributed by atoms with Crippen molar-refractivity contribution in [3.63, 3.8) is 0 Å². The van der Waals surface area contributed by atoms with Crippen molar-refractivity contribution in [1.82, 2.24) is 0 Å². The molecule has 10 heteroatoms. The number of unbranched alkanes of at least 4 members (excludes halogenated alkanes) is 15. The molecule has 2 atom stereocenters. The number of rotatable bonds is 38. The quantitative estimate of drug-likeness (QED) is 0.0272. The van der Waals surface area contributed by atoms with E-state index in [0.29, 0.717) is 12.8 Å². The van der Waals surface area contributed by atoms with Gasteiger partial charge in [-0.1, -0.05) is 139 Å². The Hall–Kier alpha value is -2.29. The second-order valence-electron chi connectivity index (χ2n) is 13.5. The van der Waals surface area contributed by atoms with E-state index in [0.717, 1.165) is 83.5 Å². The maximum absolute atomic E-state index is 12.6. The summed E-state index contributed by atoms with van der Waals surface area (Å²) in [6, 6.07) is 0. The summed E-state index contributed by atoms with van der Waals surface area (Å²) in [4.78, 5) is 34.8. The minimum atomic E-state index is -4.38. The van der Waals surface area contributed by atoms with Gasteiger partial charge in [0.25, 0.3) is 0 Å². The molecule has 2 unspecified atom stereocenters. The lowest BCUT2D eigenvalue weighted by atomic mass is 10.1. The number of nitrogens with two attached hydrogens (primary N) is 1. The molecule has 53 heavy (non-hydrogen) atoms. The van der Waals surface area contributed by atoms with E-state index >= 15 is 0 Å². The highest BCUT2D eigenvalue weighted by Gasteiger charge is 2.26. The molecular weight excluding hydrogens is 689 g/mol. The van der Waals surface area contributed by atoms with E-state index in [2.05, 4.69) is 74.6 Å². The lowest BCUT2D eigenvalue weighted by molar-refractivity contribution is -0.161. The van der Waals surface area contributed by atoms with Crippen molar-refractivity contribution in [3.8, 4) is 0 Å². The smallest absolute Gasteiger partial charge is 0.462 e. The molecule has 0 aromatic heterocycles.